The second-order valence-electron chi connectivity index (χ2n) is 18.7. The van der Waals surface area contributed by atoms with Gasteiger partial charge in [-0.25, -0.2) is 29.7 Å². The topological polar surface area (TPSA) is 278 Å². The molecule has 0 aliphatic heterocycles. The molecule has 0 bridgehead atoms. The van der Waals surface area contributed by atoms with E-state index in [-0.39, 0.29) is 5.82 Å². The first kappa shape index (κ1) is 56.7. The molecule has 8 N–H and O–H groups in total. The van der Waals surface area contributed by atoms with Crippen molar-refractivity contribution in [3.8, 4) is 22.6 Å². The normalized spacial score (nSPS) is 10.6. The lowest BCUT2D eigenvalue weighted by molar-refractivity contribution is 0.0639. The Morgan fingerprint density at radius 1 is 0.349 bits per heavy atom. The van der Waals surface area contributed by atoms with Gasteiger partial charge in [0.15, 0.2) is 5.82 Å². The van der Waals surface area contributed by atoms with Crippen LogP contribution in [0.5, 0.6) is 0 Å². The van der Waals surface area contributed by atoms with Crippen molar-refractivity contribution >= 4 is 82.9 Å². The molecule has 0 aliphatic carbocycles. The zero-order chi connectivity index (χ0) is 60.1. The number of fused-ring (bicyclic) bond motifs is 7. The van der Waals surface area contributed by atoms with E-state index >= 15 is 0 Å². The standard InChI is InChI=1S/C14H11NO.C13H10N2O.C8H6N2O3.C8H8N2O.C8H7NO.2C7H6N2O/c16-15-13-9-5-4-8-12(13)10-14(15)11-6-2-1-3-7-11;16-15-12-9-5-4-8-11(12)14-13(15)10-6-2-1-3-7-10;11-8(12)7-9-5-3-1-2-4-6(5)10(7)13;1-6-9-7-4-2-3-5-8(7)10(6)11;10-9-6-5-7-3-1-2-4-8(7)9;2*10-9-5-8-6-3-1-2-4-7(6)9/h1-10,16H;1-9,16H;1-4,13H,(H,11,12);2-5,11H,1H3;1-6,10H;2*1-5,10H. The van der Waals surface area contributed by atoms with Gasteiger partial charge in [-0.1, -0.05) is 158 Å². The van der Waals surface area contributed by atoms with Crippen molar-refractivity contribution < 1.29 is 46.4 Å². The molecule has 7 heterocycles. The maximum atomic E-state index is 10.5. The van der Waals surface area contributed by atoms with Gasteiger partial charge in [-0.05, 0) is 91.9 Å². The lowest BCUT2D eigenvalue weighted by Gasteiger charge is -2.01. The van der Waals surface area contributed by atoms with Crippen molar-refractivity contribution in [2.75, 3.05) is 0 Å². The van der Waals surface area contributed by atoms with Gasteiger partial charge in [0.1, 0.15) is 46.1 Å². The second-order valence-corrected chi connectivity index (χ2v) is 18.7. The average Bonchev–Trinajstić information content (AvgIpc) is 4.58. The number of nitrogens with zero attached hydrogens (tertiary/aromatic N) is 12. The maximum absolute atomic E-state index is 10.5. The molecule has 0 fully saturated rings. The Kier molecular flexibility index (Phi) is 17.1. The van der Waals surface area contributed by atoms with Crippen LogP contribution in [0.2, 0.25) is 0 Å². The highest BCUT2D eigenvalue weighted by Crippen LogP contribution is 2.27. The van der Waals surface area contributed by atoms with E-state index in [0.717, 1.165) is 106 Å². The SMILES string of the molecule is Cc1nc2ccccc2n1O.O=C(O)c1nc2ccccc2n1O.On1c(-c2ccccc2)cc2ccccc21.On1c(-c2ccccc2)nc2ccccc21.On1ccc2ccccc21.On1cnc2ccccc21.On1cnc2ccccc21. The summed E-state index contributed by atoms with van der Waals surface area (Å²) in [6, 6.07) is 75.3. The molecule has 0 radical (unpaired) electrons. The van der Waals surface area contributed by atoms with E-state index in [0.29, 0.717) is 27.4 Å². The van der Waals surface area contributed by atoms with Crippen LogP contribution < -0.4 is 0 Å². The van der Waals surface area contributed by atoms with Crippen LogP contribution in [0.15, 0.2) is 262 Å². The molecule has 428 valence electrons. The van der Waals surface area contributed by atoms with E-state index in [2.05, 4.69) is 24.9 Å². The van der Waals surface area contributed by atoms with Crippen LogP contribution in [-0.4, -0.2) is 106 Å². The predicted molar refractivity (Wildman–Crippen MR) is 325 cm³/mol. The number of aryl methyl sites for hydroxylation is 1. The van der Waals surface area contributed by atoms with Crippen molar-refractivity contribution in [2.45, 2.75) is 6.92 Å². The summed E-state index contributed by atoms with van der Waals surface area (Å²) in [4.78, 5) is 30.7. The summed E-state index contributed by atoms with van der Waals surface area (Å²) >= 11 is 0. The van der Waals surface area contributed by atoms with Crippen LogP contribution in [0.25, 0.3) is 99.6 Å². The van der Waals surface area contributed by atoms with Gasteiger partial charge in [-0.2, -0.15) is 33.1 Å². The van der Waals surface area contributed by atoms with Crippen LogP contribution >= 0.6 is 0 Å². The molecule has 0 atom stereocenters. The van der Waals surface area contributed by atoms with Crippen LogP contribution in [0.3, 0.4) is 0 Å². The Morgan fingerprint density at radius 2 is 0.756 bits per heavy atom. The van der Waals surface area contributed by atoms with Gasteiger partial charge in [-0.3, -0.25) is 0 Å². The van der Waals surface area contributed by atoms with Crippen LogP contribution in [-0.2, 0) is 0 Å². The first-order chi connectivity index (χ1) is 41.8. The van der Waals surface area contributed by atoms with Gasteiger partial charge in [0.2, 0.25) is 0 Å². The highest BCUT2D eigenvalue weighted by molar-refractivity contribution is 5.90. The Labute approximate surface area is 488 Å². The molecule has 21 nitrogen and oxygen atoms in total. The van der Waals surface area contributed by atoms with Gasteiger partial charge in [0, 0.05) is 28.1 Å². The number of hydrogen-bond donors (Lipinski definition) is 8. The zero-order valence-electron chi connectivity index (χ0n) is 45.7. The Morgan fingerprint density at radius 3 is 1.23 bits per heavy atom. The summed E-state index contributed by atoms with van der Waals surface area (Å²) in [6.45, 7) is 1.76. The van der Waals surface area contributed by atoms with E-state index in [1.165, 1.54) is 17.4 Å². The molecule has 86 heavy (non-hydrogen) atoms. The first-order valence-electron chi connectivity index (χ1n) is 26.4. The summed E-state index contributed by atoms with van der Waals surface area (Å²) in [5.41, 5.74) is 11.5. The van der Waals surface area contributed by atoms with Crippen LogP contribution in [0, 0.1) is 6.92 Å². The zero-order valence-corrected chi connectivity index (χ0v) is 45.7. The Hall–Kier alpha value is -12.5. The molecule has 16 aromatic rings. The third-order valence-corrected chi connectivity index (χ3v) is 13.2. The number of carboxylic acids is 1. The fourth-order valence-electron chi connectivity index (χ4n) is 8.99. The Balaban J connectivity index is 0.000000112. The minimum atomic E-state index is -1.25. The maximum Gasteiger partial charge on any atom is 0.375 e. The summed E-state index contributed by atoms with van der Waals surface area (Å²) < 4.78 is 7.17. The van der Waals surface area contributed by atoms with Gasteiger partial charge in [-0.15, -0.1) is 0 Å². The van der Waals surface area contributed by atoms with E-state index in [4.69, 9.17) is 20.7 Å². The van der Waals surface area contributed by atoms with Crippen molar-refractivity contribution in [3.63, 3.8) is 0 Å². The summed E-state index contributed by atoms with van der Waals surface area (Å²) in [7, 11) is 0. The minimum absolute atomic E-state index is 0.374. The first-order valence-corrected chi connectivity index (χ1v) is 26.4. The van der Waals surface area contributed by atoms with E-state index in [9.17, 15) is 25.6 Å². The number of hydrogen-bond acceptors (Lipinski definition) is 13. The molecule has 16 rings (SSSR count). The molecule has 0 unspecified atom stereocenters. The quantitative estimate of drug-likeness (QED) is 0.0764. The number of carbonyl (C=O) groups is 1. The molecule has 0 amide bonds. The van der Waals surface area contributed by atoms with Crippen LogP contribution in [0.4, 0.5) is 0 Å². The molecule has 21 heteroatoms. The molecule has 7 aromatic heterocycles. The van der Waals surface area contributed by atoms with Crippen molar-refractivity contribution in [3.05, 3.63) is 273 Å². The smallest absolute Gasteiger partial charge is 0.375 e. The van der Waals surface area contributed by atoms with Crippen molar-refractivity contribution in [2.24, 2.45) is 0 Å². The number of para-hydroxylation sites is 12. The molecule has 0 saturated carbocycles. The number of aromatic nitrogens is 12. The van der Waals surface area contributed by atoms with Crippen molar-refractivity contribution in [1.82, 2.24) is 58.0 Å². The molecule has 0 saturated heterocycles. The van der Waals surface area contributed by atoms with Gasteiger partial charge >= 0.3 is 5.97 Å². The molecular formula is C65H54N12O9. The average molecular weight is 1150 g/mol. The lowest BCUT2D eigenvalue weighted by Crippen LogP contribution is -2.06. The number of benzene rings is 9. The van der Waals surface area contributed by atoms with E-state index in [1.54, 1.807) is 37.4 Å². The highest BCUT2D eigenvalue weighted by Gasteiger charge is 2.15. The van der Waals surface area contributed by atoms with E-state index < -0.39 is 5.97 Å². The van der Waals surface area contributed by atoms with Crippen molar-refractivity contribution in [1.29, 1.82) is 0 Å². The van der Waals surface area contributed by atoms with Gasteiger partial charge < -0.3 is 41.6 Å². The summed E-state index contributed by atoms with van der Waals surface area (Å²) in [5, 5.41) is 76.7. The summed E-state index contributed by atoms with van der Waals surface area (Å²) in [5.74, 6) is -0.437. The van der Waals surface area contributed by atoms with Gasteiger partial charge in [0.25, 0.3) is 5.82 Å². The molecule has 9 aromatic carbocycles. The second kappa shape index (κ2) is 25.9. The molecule has 0 aliphatic rings. The highest BCUT2D eigenvalue weighted by atomic mass is 16.5. The number of carboxylic acid groups (broad SMARTS) is 1. The summed E-state index contributed by atoms with van der Waals surface area (Å²) in [6.07, 6.45) is 4.39. The predicted octanol–water partition coefficient (Wildman–Crippen LogP) is 13.5. The number of rotatable bonds is 3. The molecule has 0 spiro atoms. The monoisotopic (exact) mass is 1150 g/mol. The van der Waals surface area contributed by atoms with Crippen LogP contribution in [0.1, 0.15) is 16.4 Å². The Bertz CT molecular complexity index is 4600. The van der Waals surface area contributed by atoms with E-state index in [1.807, 2.05) is 218 Å². The largest absolute Gasteiger partial charge is 0.475 e. The third kappa shape index (κ3) is 12.7. The fourth-order valence-corrected chi connectivity index (χ4v) is 8.99. The number of imidazole rings is 5. The molecular weight excluding hydrogens is 1090 g/mol. The third-order valence-electron chi connectivity index (χ3n) is 13.2. The minimum Gasteiger partial charge on any atom is -0.475 e. The lowest BCUT2D eigenvalue weighted by atomic mass is 10.1. The number of aromatic carboxylic acids is 1. The van der Waals surface area contributed by atoms with Gasteiger partial charge in [0.05, 0.1) is 44.3 Å². The fraction of sp³-hybridized carbons (Fsp3) is 0.0154.